The van der Waals surface area contributed by atoms with Crippen molar-refractivity contribution < 1.29 is 24.5 Å². The first kappa shape index (κ1) is 19.2. The first-order chi connectivity index (χ1) is 12.9. The first-order valence-electron chi connectivity index (χ1n) is 9.24. The lowest BCUT2D eigenvalue weighted by molar-refractivity contribution is 0.0922. The highest BCUT2D eigenvalue weighted by molar-refractivity contribution is 6.01. The van der Waals surface area contributed by atoms with E-state index in [-0.39, 0.29) is 34.7 Å². The molecule has 1 atom stereocenters. The lowest BCUT2D eigenvalue weighted by Crippen LogP contribution is -2.15. The van der Waals surface area contributed by atoms with Crippen molar-refractivity contribution in [2.45, 2.75) is 32.6 Å². The van der Waals surface area contributed by atoms with Crippen LogP contribution >= 0.6 is 0 Å². The monoisotopic (exact) mass is 370 g/mol. The summed E-state index contributed by atoms with van der Waals surface area (Å²) in [6, 6.07) is 8.79. The van der Waals surface area contributed by atoms with Crippen LogP contribution in [0.15, 0.2) is 30.3 Å². The number of aromatic hydroxyl groups is 2. The molecule has 0 bridgehead atoms. The Hall–Kier alpha value is -2.53. The van der Waals surface area contributed by atoms with Gasteiger partial charge in [-0.1, -0.05) is 19.9 Å². The maximum Gasteiger partial charge on any atom is 0.170 e. The smallest absolute Gasteiger partial charge is 0.170 e. The van der Waals surface area contributed by atoms with Crippen molar-refractivity contribution in [3.63, 3.8) is 0 Å². The fourth-order valence-electron chi connectivity index (χ4n) is 3.59. The molecule has 2 aromatic rings. The van der Waals surface area contributed by atoms with Gasteiger partial charge in [0.1, 0.15) is 23.9 Å². The van der Waals surface area contributed by atoms with E-state index in [1.807, 2.05) is 32.0 Å². The number of hydrogen-bond acceptors (Lipinski definition) is 5. The number of ether oxygens (including phenoxy) is 2. The fraction of sp³-hybridized carbons (Fsp3) is 0.409. The number of phenols is 2. The second kappa shape index (κ2) is 8.01. The Morgan fingerprint density at radius 1 is 1.07 bits per heavy atom. The first-order valence-corrected chi connectivity index (χ1v) is 9.24. The topological polar surface area (TPSA) is 76.0 Å². The van der Waals surface area contributed by atoms with Crippen molar-refractivity contribution in [3.05, 3.63) is 52.6 Å². The molecule has 1 aliphatic carbocycles. The Morgan fingerprint density at radius 2 is 1.81 bits per heavy atom. The van der Waals surface area contributed by atoms with Crippen LogP contribution in [-0.2, 0) is 17.6 Å². The largest absolute Gasteiger partial charge is 0.508 e. The molecule has 0 saturated carbocycles. The number of carbonyl (C=O) groups is 1. The molecule has 0 saturated heterocycles. The van der Waals surface area contributed by atoms with E-state index in [1.54, 1.807) is 13.2 Å². The minimum absolute atomic E-state index is 0.0200. The molecule has 5 nitrogen and oxygen atoms in total. The molecule has 5 heteroatoms. The molecule has 0 radical (unpaired) electrons. The molecular weight excluding hydrogens is 344 g/mol. The third-order valence-corrected chi connectivity index (χ3v) is 5.07. The van der Waals surface area contributed by atoms with Gasteiger partial charge >= 0.3 is 0 Å². The van der Waals surface area contributed by atoms with Crippen LogP contribution in [0, 0.1) is 5.92 Å². The highest BCUT2D eigenvalue weighted by Gasteiger charge is 2.30. The number of ketones is 1. The number of rotatable bonds is 7. The second-order valence-corrected chi connectivity index (χ2v) is 7.32. The van der Waals surface area contributed by atoms with Gasteiger partial charge in [-0.3, -0.25) is 4.79 Å². The van der Waals surface area contributed by atoms with E-state index in [9.17, 15) is 15.0 Å². The molecule has 0 spiro atoms. The summed E-state index contributed by atoms with van der Waals surface area (Å²) in [6.45, 7) is 4.89. The average molecular weight is 370 g/mol. The van der Waals surface area contributed by atoms with E-state index >= 15 is 0 Å². The van der Waals surface area contributed by atoms with Crippen molar-refractivity contribution in [1.29, 1.82) is 0 Å². The number of phenolic OH excluding ortho intramolecular Hbond substituents is 2. The lowest BCUT2D eigenvalue weighted by Gasteiger charge is -2.14. The molecule has 1 unspecified atom stereocenters. The summed E-state index contributed by atoms with van der Waals surface area (Å²) in [7, 11) is 1.63. The molecule has 0 aromatic heterocycles. The Labute approximate surface area is 159 Å². The summed E-state index contributed by atoms with van der Waals surface area (Å²) < 4.78 is 10.6. The predicted molar refractivity (Wildman–Crippen MR) is 103 cm³/mol. The van der Waals surface area contributed by atoms with Gasteiger partial charge in [0, 0.05) is 19.1 Å². The Kier molecular flexibility index (Phi) is 5.71. The molecule has 2 aromatic carbocycles. The summed E-state index contributed by atoms with van der Waals surface area (Å²) in [5.74, 6) is 0.378. The van der Waals surface area contributed by atoms with Gasteiger partial charge in [-0.15, -0.1) is 0 Å². The fourth-order valence-corrected chi connectivity index (χ4v) is 3.59. The Bertz CT molecular complexity index is 841. The minimum Gasteiger partial charge on any atom is -0.508 e. The van der Waals surface area contributed by atoms with Crippen LogP contribution in [0.5, 0.6) is 17.2 Å². The number of hydrogen-bond donors (Lipinski definition) is 2. The molecule has 0 heterocycles. The minimum atomic E-state index is -0.218. The summed E-state index contributed by atoms with van der Waals surface area (Å²) in [6.07, 6.45) is 1.26. The summed E-state index contributed by atoms with van der Waals surface area (Å²) in [5, 5.41) is 20.2. The quantitative estimate of drug-likeness (QED) is 0.572. The van der Waals surface area contributed by atoms with Gasteiger partial charge in [0.25, 0.3) is 0 Å². The van der Waals surface area contributed by atoms with Crippen LogP contribution in [0.25, 0.3) is 0 Å². The number of methoxy groups -OCH3 is 1. The Balaban J connectivity index is 1.78. The van der Waals surface area contributed by atoms with Gasteiger partial charge < -0.3 is 19.7 Å². The normalized spacial score (nSPS) is 15.8. The molecule has 0 fully saturated rings. The van der Waals surface area contributed by atoms with E-state index in [2.05, 4.69) is 0 Å². The standard InChI is InChI=1S/C22H26O5/c1-13(2)18-11-19(21(24)12-20(18)23)22(25)16-8-14-4-5-17(10-15(14)9-16)27-7-6-26-3/h4-5,10-13,16,23-24H,6-9H2,1-3H3. The van der Waals surface area contributed by atoms with Gasteiger partial charge in [0.05, 0.1) is 12.2 Å². The maximum atomic E-state index is 13.0. The summed E-state index contributed by atoms with van der Waals surface area (Å²) >= 11 is 0. The lowest BCUT2D eigenvalue weighted by atomic mass is 9.91. The van der Waals surface area contributed by atoms with Crippen LogP contribution in [0.3, 0.4) is 0 Å². The van der Waals surface area contributed by atoms with E-state index in [0.29, 0.717) is 31.6 Å². The molecule has 0 aliphatic heterocycles. The molecule has 1 aliphatic rings. The zero-order valence-corrected chi connectivity index (χ0v) is 16.0. The summed E-state index contributed by atoms with van der Waals surface area (Å²) in [5.41, 5.74) is 3.19. The third kappa shape index (κ3) is 4.08. The summed E-state index contributed by atoms with van der Waals surface area (Å²) in [4.78, 5) is 13.0. The van der Waals surface area contributed by atoms with Gasteiger partial charge in [-0.25, -0.2) is 0 Å². The number of Topliss-reactive ketones (excluding diaryl/α,β-unsaturated/α-hetero) is 1. The predicted octanol–water partition coefficient (Wildman–Crippen LogP) is 3.84. The van der Waals surface area contributed by atoms with Crippen molar-refractivity contribution in [2.24, 2.45) is 5.92 Å². The van der Waals surface area contributed by atoms with Crippen molar-refractivity contribution in [2.75, 3.05) is 20.3 Å². The molecular formula is C22H26O5. The van der Waals surface area contributed by atoms with Gasteiger partial charge in [-0.05, 0) is 53.6 Å². The number of fused-ring (bicyclic) bond motifs is 1. The van der Waals surface area contributed by atoms with Gasteiger partial charge in [0.2, 0.25) is 0 Å². The molecule has 0 amide bonds. The van der Waals surface area contributed by atoms with Crippen molar-refractivity contribution in [3.8, 4) is 17.2 Å². The maximum absolute atomic E-state index is 13.0. The molecule has 2 N–H and O–H groups in total. The van der Waals surface area contributed by atoms with Gasteiger partial charge in [0.15, 0.2) is 5.78 Å². The molecule has 144 valence electrons. The number of benzene rings is 2. The van der Waals surface area contributed by atoms with Crippen molar-refractivity contribution >= 4 is 5.78 Å². The van der Waals surface area contributed by atoms with E-state index < -0.39 is 0 Å². The van der Waals surface area contributed by atoms with Crippen molar-refractivity contribution in [1.82, 2.24) is 0 Å². The van der Waals surface area contributed by atoms with E-state index in [1.165, 1.54) is 6.07 Å². The van der Waals surface area contributed by atoms with Gasteiger partial charge in [-0.2, -0.15) is 0 Å². The van der Waals surface area contributed by atoms with Crippen LogP contribution < -0.4 is 4.74 Å². The average Bonchev–Trinajstić information content (AvgIpc) is 3.04. The van der Waals surface area contributed by atoms with E-state index in [4.69, 9.17) is 9.47 Å². The zero-order chi connectivity index (χ0) is 19.6. The van der Waals surface area contributed by atoms with E-state index in [0.717, 1.165) is 16.9 Å². The second-order valence-electron chi connectivity index (χ2n) is 7.32. The Morgan fingerprint density at radius 3 is 2.52 bits per heavy atom. The highest BCUT2D eigenvalue weighted by Crippen LogP contribution is 2.37. The number of carbonyl (C=O) groups excluding carboxylic acids is 1. The third-order valence-electron chi connectivity index (χ3n) is 5.07. The molecule has 3 rings (SSSR count). The SMILES string of the molecule is COCCOc1ccc2c(c1)CC(C(=O)c1cc(C(C)C)c(O)cc1O)C2. The molecule has 27 heavy (non-hydrogen) atoms. The van der Waals surface area contributed by atoms with Crippen LogP contribution in [-0.4, -0.2) is 36.3 Å². The van der Waals surface area contributed by atoms with Crippen LogP contribution in [0.2, 0.25) is 0 Å². The van der Waals surface area contributed by atoms with Crippen LogP contribution in [0.4, 0.5) is 0 Å². The van der Waals surface area contributed by atoms with Crippen LogP contribution in [0.1, 0.15) is 46.8 Å². The zero-order valence-electron chi connectivity index (χ0n) is 16.0. The highest BCUT2D eigenvalue weighted by atomic mass is 16.5.